The summed E-state index contributed by atoms with van der Waals surface area (Å²) in [6.07, 6.45) is 5.54. The summed E-state index contributed by atoms with van der Waals surface area (Å²) >= 11 is 1.51. The maximum atomic E-state index is 12.4. The van der Waals surface area contributed by atoms with Gasteiger partial charge in [-0.2, -0.15) is 0 Å². The number of hydrazine groups is 1. The number of fused-ring (bicyclic) bond motifs is 3. The van der Waals surface area contributed by atoms with Gasteiger partial charge >= 0.3 is 0 Å². The van der Waals surface area contributed by atoms with E-state index in [0.717, 1.165) is 42.2 Å². The van der Waals surface area contributed by atoms with Gasteiger partial charge in [0.05, 0.1) is 5.39 Å². The second-order valence-corrected chi connectivity index (χ2v) is 8.94. The van der Waals surface area contributed by atoms with Gasteiger partial charge in [0.25, 0.3) is 15.6 Å². The van der Waals surface area contributed by atoms with Crippen LogP contribution < -0.4 is 15.8 Å². The van der Waals surface area contributed by atoms with Crippen LogP contribution in [0.3, 0.4) is 0 Å². The van der Waals surface area contributed by atoms with Gasteiger partial charge in [0.2, 0.25) is 5.95 Å². The van der Waals surface area contributed by atoms with Crippen molar-refractivity contribution in [1.29, 1.82) is 0 Å². The first-order valence-electron chi connectivity index (χ1n) is 8.57. The van der Waals surface area contributed by atoms with Crippen LogP contribution in [0, 0.1) is 0 Å². The summed E-state index contributed by atoms with van der Waals surface area (Å²) in [4.78, 5) is 23.5. The van der Waals surface area contributed by atoms with Crippen molar-refractivity contribution in [3.8, 4) is 0 Å². The molecule has 1 aromatic carbocycles. The van der Waals surface area contributed by atoms with Gasteiger partial charge in [-0.1, -0.05) is 30.3 Å². The summed E-state index contributed by atoms with van der Waals surface area (Å²) in [5.41, 5.74) is 4.09. The van der Waals surface area contributed by atoms with Crippen LogP contribution in [0.4, 0.5) is 5.95 Å². The zero-order valence-corrected chi connectivity index (χ0v) is 16.0. The minimum atomic E-state index is -3.75. The van der Waals surface area contributed by atoms with E-state index in [1.807, 2.05) is 18.2 Å². The molecule has 0 amide bonds. The van der Waals surface area contributed by atoms with Gasteiger partial charge in [0.1, 0.15) is 4.83 Å². The Morgan fingerprint density at radius 3 is 2.74 bits per heavy atom. The van der Waals surface area contributed by atoms with Gasteiger partial charge in [-0.15, -0.1) is 16.2 Å². The fraction of sp³-hybridized carbons (Fsp3) is 0.222. The Labute approximate surface area is 160 Å². The number of benzene rings is 1. The van der Waals surface area contributed by atoms with E-state index in [-0.39, 0.29) is 11.5 Å². The van der Waals surface area contributed by atoms with E-state index in [2.05, 4.69) is 20.2 Å². The molecule has 0 saturated heterocycles. The highest BCUT2D eigenvalue weighted by Crippen LogP contribution is 2.33. The quantitative estimate of drug-likeness (QED) is 0.569. The van der Waals surface area contributed by atoms with E-state index >= 15 is 0 Å². The lowest BCUT2D eigenvalue weighted by atomic mass is 9.97. The van der Waals surface area contributed by atoms with Crippen molar-refractivity contribution < 1.29 is 8.42 Å². The number of aromatic amines is 1. The van der Waals surface area contributed by atoms with Crippen molar-refractivity contribution in [2.45, 2.75) is 25.7 Å². The smallest absolute Gasteiger partial charge is 0.261 e. The molecule has 9 heteroatoms. The second-order valence-electron chi connectivity index (χ2n) is 6.29. The summed E-state index contributed by atoms with van der Waals surface area (Å²) in [5, 5.41) is 1.68. The molecule has 1 aliphatic carbocycles. The highest BCUT2D eigenvalue weighted by molar-refractivity contribution is 7.92. The van der Waals surface area contributed by atoms with Gasteiger partial charge in [0.15, 0.2) is 0 Å². The predicted molar refractivity (Wildman–Crippen MR) is 108 cm³/mol. The molecule has 27 heavy (non-hydrogen) atoms. The van der Waals surface area contributed by atoms with Gasteiger partial charge < -0.3 is 0 Å². The Kier molecular flexibility index (Phi) is 4.81. The molecule has 1 aliphatic rings. The minimum absolute atomic E-state index is 0.0720. The lowest BCUT2D eigenvalue weighted by Gasteiger charge is -2.09. The van der Waals surface area contributed by atoms with Gasteiger partial charge in [-0.05, 0) is 42.9 Å². The molecular weight excluding hydrogens is 384 g/mol. The Balaban J connectivity index is 1.53. The molecule has 0 radical (unpaired) electrons. The third kappa shape index (κ3) is 3.95. The van der Waals surface area contributed by atoms with E-state index in [9.17, 15) is 13.2 Å². The summed E-state index contributed by atoms with van der Waals surface area (Å²) in [5.74, 6) is 0.0720. The molecule has 4 rings (SSSR count). The van der Waals surface area contributed by atoms with Gasteiger partial charge in [-0.25, -0.2) is 13.4 Å². The molecule has 0 atom stereocenters. The summed E-state index contributed by atoms with van der Waals surface area (Å²) in [7, 11) is -3.75. The van der Waals surface area contributed by atoms with Crippen LogP contribution in [0.15, 0.2) is 40.5 Å². The largest absolute Gasteiger partial charge is 0.291 e. The molecule has 0 bridgehead atoms. The number of hydrogen-bond donors (Lipinski definition) is 3. The minimum Gasteiger partial charge on any atom is -0.291 e. The second kappa shape index (κ2) is 7.26. The van der Waals surface area contributed by atoms with Crippen molar-refractivity contribution in [3.63, 3.8) is 0 Å². The number of H-pyrrole nitrogens is 1. The summed E-state index contributed by atoms with van der Waals surface area (Å²) < 4.78 is 24.2. The van der Waals surface area contributed by atoms with Crippen molar-refractivity contribution in [1.82, 2.24) is 14.8 Å². The molecule has 0 spiro atoms. The molecule has 0 saturated carbocycles. The highest BCUT2D eigenvalue weighted by atomic mass is 32.2. The molecular formula is C18H18N4O3S2. The number of aromatic nitrogens is 2. The molecule has 7 nitrogen and oxygen atoms in total. The van der Waals surface area contributed by atoms with E-state index < -0.39 is 10.0 Å². The predicted octanol–water partition coefficient (Wildman–Crippen LogP) is 2.78. The standard InChI is InChI=1S/C18H18N4O3S2/c23-16-15-13-8-4-5-9-14(13)26-17(15)20-18(19-16)21-22-27(24,25)11-10-12-6-2-1-3-7-12/h1-3,6-7,10-11,22H,4-5,8-9H2,(H2,19,20,21,23)/b11-10+. The molecule has 3 aromatic rings. The third-order valence-corrected chi connectivity index (χ3v) is 6.44. The van der Waals surface area contributed by atoms with Crippen LogP contribution in [0.5, 0.6) is 0 Å². The number of rotatable bonds is 5. The summed E-state index contributed by atoms with van der Waals surface area (Å²) in [6, 6.07) is 9.09. The van der Waals surface area contributed by atoms with Crippen LogP contribution in [-0.4, -0.2) is 18.4 Å². The van der Waals surface area contributed by atoms with Crippen LogP contribution in [-0.2, 0) is 22.9 Å². The zero-order chi connectivity index (χ0) is 18.9. The van der Waals surface area contributed by atoms with E-state index in [0.29, 0.717) is 10.2 Å². The average molecular weight is 403 g/mol. The van der Waals surface area contributed by atoms with Crippen molar-refractivity contribution in [2.24, 2.45) is 0 Å². The Morgan fingerprint density at radius 1 is 1.15 bits per heavy atom. The Hall–Kier alpha value is -2.49. The maximum absolute atomic E-state index is 12.4. The van der Waals surface area contributed by atoms with Crippen molar-refractivity contribution in [3.05, 3.63) is 62.1 Å². The number of aryl methyl sites for hydroxylation is 2. The lowest BCUT2D eigenvalue weighted by Crippen LogP contribution is -2.29. The van der Waals surface area contributed by atoms with Crippen LogP contribution in [0.1, 0.15) is 28.8 Å². The number of hydrogen-bond acceptors (Lipinski definition) is 6. The molecule has 0 aliphatic heterocycles. The molecule has 140 valence electrons. The molecule has 3 N–H and O–H groups in total. The number of nitrogens with one attached hydrogen (secondary N) is 3. The molecule has 0 unspecified atom stereocenters. The summed E-state index contributed by atoms with van der Waals surface area (Å²) in [6.45, 7) is 0. The Bertz CT molecular complexity index is 1160. The normalized spacial score (nSPS) is 14.5. The molecule has 0 fully saturated rings. The molecule has 2 heterocycles. The fourth-order valence-corrected chi connectivity index (χ4v) is 5.01. The van der Waals surface area contributed by atoms with Crippen molar-refractivity contribution >= 4 is 43.6 Å². The SMILES string of the molecule is O=c1[nH]c(NNS(=O)(=O)/C=C/c2ccccc2)nc2sc3c(c12)CCCC3. The van der Waals surface area contributed by atoms with Gasteiger partial charge in [0, 0.05) is 10.3 Å². The average Bonchev–Trinajstić information content (AvgIpc) is 3.05. The fourth-order valence-electron chi connectivity index (χ4n) is 3.11. The van der Waals surface area contributed by atoms with Gasteiger partial charge in [-0.3, -0.25) is 15.2 Å². The first-order chi connectivity index (χ1) is 13.0. The van der Waals surface area contributed by atoms with E-state index in [1.54, 1.807) is 12.1 Å². The first-order valence-corrected chi connectivity index (χ1v) is 10.9. The van der Waals surface area contributed by atoms with Crippen LogP contribution >= 0.6 is 11.3 Å². The van der Waals surface area contributed by atoms with Crippen LogP contribution in [0.2, 0.25) is 0 Å². The maximum Gasteiger partial charge on any atom is 0.261 e. The number of sulfonamides is 1. The monoisotopic (exact) mass is 402 g/mol. The lowest BCUT2D eigenvalue weighted by molar-refractivity contribution is 0.596. The Morgan fingerprint density at radius 2 is 1.93 bits per heavy atom. The van der Waals surface area contributed by atoms with E-state index in [4.69, 9.17) is 0 Å². The highest BCUT2D eigenvalue weighted by Gasteiger charge is 2.20. The van der Waals surface area contributed by atoms with Crippen molar-refractivity contribution in [2.75, 3.05) is 5.43 Å². The number of thiophene rings is 1. The zero-order valence-electron chi connectivity index (χ0n) is 14.4. The number of anilines is 1. The molecule has 2 aromatic heterocycles. The van der Waals surface area contributed by atoms with E-state index in [1.165, 1.54) is 22.3 Å². The first kappa shape index (κ1) is 17.9. The van der Waals surface area contributed by atoms with Crippen LogP contribution in [0.25, 0.3) is 16.3 Å². The topological polar surface area (TPSA) is 104 Å². The third-order valence-electron chi connectivity index (χ3n) is 4.38. The number of nitrogens with zero attached hydrogens (tertiary/aromatic N) is 1.